The number of aliphatic hydroxyl groups is 1. The second-order valence-electron chi connectivity index (χ2n) is 7.51. The van der Waals surface area contributed by atoms with Crippen molar-refractivity contribution in [1.29, 1.82) is 0 Å². The first-order valence-electron chi connectivity index (χ1n) is 10.3. The minimum absolute atomic E-state index is 0.0551. The molecule has 1 fully saturated rings. The molecule has 1 aliphatic rings. The lowest BCUT2D eigenvalue weighted by Gasteiger charge is -2.48. The Morgan fingerprint density at radius 2 is 2.00 bits per heavy atom. The second kappa shape index (κ2) is 8.27. The predicted molar refractivity (Wildman–Crippen MR) is 116 cm³/mol. The van der Waals surface area contributed by atoms with Gasteiger partial charge in [-0.2, -0.15) is 5.10 Å². The number of hydrogen-bond donors (Lipinski definition) is 3. The standard InChI is InChI=1S/C21H27N7O2/c1-4-13-11-28(17(13)12-29)20-18-16(10-23-27(18)3)25-19(26-20)14-6-8-15(9-7-14)24-21(30)22-5-2/h6-10,13,17,29H,4-5,11-12H2,1-3H3,(H2,22,24,30). The first kappa shape index (κ1) is 20.1. The molecule has 9 heteroatoms. The van der Waals surface area contributed by atoms with Crippen molar-refractivity contribution in [3.05, 3.63) is 30.5 Å². The van der Waals surface area contributed by atoms with Gasteiger partial charge < -0.3 is 20.6 Å². The topological polar surface area (TPSA) is 108 Å². The zero-order valence-corrected chi connectivity index (χ0v) is 17.5. The molecule has 2 unspecified atom stereocenters. The summed E-state index contributed by atoms with van der Waals surface area (Å²) < 4.78 is 1.78. The number of carbonyl (C=O) groups is 1. The van der Waals surface area contributed by atoms with Crippen molar-refractivity contribution in [2.24, 2.45) is 13.0 Å². The van der Waals surface area contributed by atoms with Gasteiger partial charge in [-0.15, -0.1) is 0 Å². The highest BCUT2D eigenvalue weighted by atomic mass is 16.3. The molecule has 4 rings (SSSR count). The summed E-state index contributed by atoms with van der Waals surface area (Å²) in [6, 6.07) is 7.25. The van der Waals surface area contributed by atoms with Gasteiger partial charge in [-0.3, -0.25) is 4.68 Å². The lowest BCUT2D eigenvalue weighted by molar-refractivity contribution is 0.167. The van der Waals surface area contributed by atoms with Crippen LogP contribution in [0.2, 0.25) is 0 Å². The van der Waals surface area contributed by atoms with Gasteiger partial charge in [0.05, 0.1) is 18.8 Å². The zero-order valence-electron chi connectivity index (χ0n) is 17.5. The van der Waals surface area contributed by atoms with E-state index in [1.807, 2.05) is 38.2 Å². The fourth-order valence-corrected chi connectivity index (χ4v) is 3.95. The number of urea groups is 1. The van der Waals surface area contributed by atoms with E-state index in [9.17, 15) is 9.90 Å². The highest BCUT2D eigenvalue weighted by Crippen LogP contribution is 2.36. The van der Waals surface area contributed by atoms with E-state index >= 15 is 0 Å². The number of carbonyl (C=O) groups excluding carboxylic acids is 1. The van der Waals surface area contributed by atoms with Gasteiger partial charge in [0.25, 0.3) is 0 Å². The highest BCUT2D eigenvalue weighted by Gasteiger charge is 2.39. The van der Waals surface area contributed by atoms with Crippen LogP contribution < -0.4 is 15.5 Å². The number of aliphatic hydroxyl groups excluding tert-OH is 1. The van der Waals surface area contributed by atoms with Crippen LogP contribution in [-0.4, -0.2) is 56.6 Å². The molecule has 2 atom stereocenters. The predicted octanol–water partition coefficient (Wildman–Crippen LogP) is 2.38. The first-order valence-corrected chi connectivity index (χ1v) is 10.3. The third-order valence-electron chi connectivity index (χ3n) is 5.67. The Kier molecular flexibility index (Phi) is 5.54. The Labute approximate surface area is 175 Å². The number of benzene rings is 1. The SMILES string of the molecule is CCNC(=O)Nc1ccc(-c2nc(N3CC(CC)C3CO)c3c(cnn3C)n2)cc1. The van der Waals surface area contributed by atoms with Gasteiger partial charge in [0.15, 0.2) is 11.6 Å². The summed E-state index contributed by atoms with van der Waals surface area (Å²) in [6.45, 7) is 5.53. The van der Waals surface area contributed by atoms with Gasteiger partial charge in [-0.05, 0) is 43.5 Å². The van der Waals surface area contributed by atoms with Crippen molar-refractivity contribution in [2.45, 2.75) is 26.3 Å². The third-order valence-corrected chi connectivity index (χ3v) is 5.67. The number of hydrogen-bond acceptors (Lipinski definition) is 6. The van der Waals surface area contributed by atoms with Crippen molar-refractivity contribution in [2.75, 3.05) is 29.9 Å². The van der Waals surface area contributed by atoms with E-state index in [1.165, 1.54) is 0 Å². The zero-order chi connectivity index (χ0) is 21.3. The molecule has 3 heterocycles. The largest absolute Gasteiger partial charge is 0.394 e. The summed E-state index contributed by atoms with van der Waals surface area (Å²) in [4.78, 5) is 23.4. The number of amides is 2. The van der Waals surface area contributed by atoms with Crippen LogP contribution in [0.3, 0.4) is 0 Å². The van der Waals surface area contributed by atoms with Gasteiger partial charge >= 0.3 is 6.03 Å². The molecular weight excluding hydrogens is 382 g/mol. The molecule has 9 nitrogen and oxygen atoms in total. The molecule has 3 N–H and O–H groups in total. The number of aromatic nitrogens is 4. The summed E-state index contributed by atoms with van der Waals surface area (Å²) in [5.41, 5.74) is 3.16. The number of fused-ring (bicyclic) bond motifs is 1. The van der Waals surface area contributed by atoms with Crippen molar-refractivity contribution in [3.8, 4) is 11.4 Å². The molecule has 1 saturated heterocycles. The van der Waals surface area contributed by atoms with Crippen molar-refractivity contribution in [1.82, 2.24) is 25.1 Å². The summed E-state index contributed by atoms with van der Waals surface area (Å²) in [5, 5.41) is 19.7. The van der Waals surface area contributed by atoms with E-state index in [2.05, 4.69) is 27.6 Å². The number of anilines is 2. The van der Waals surface area contributed by atoms with Crippen molar-refractivity contribution < 1.29 is 9.90 Å². The van der Waals surface area contributed by atoms with Crippen LogP contribution in [0, 0.1) is 5.92 Å². The summed E-state index contributed by atoms with van der Waals surface area (Å²) >= 11 is 0. The molecule has 0 radical (unpaired) electrons. The van der Waals surface area contributed by atoms with E-state index in [1.54, 1.807) is 10.9 Å². The monoisotopic (exact) mass is 409 g/mol. The normalized spacial score (nSPS) is 18.3. The molecule has 30 heavy (non-hydrogen) atoms. The lowest BCUT2D eigenvalue weighted by Crippen LogP contribution is -2.58. The number of aryl methyl sites for hydroxylation is 1. The number of nitrogens with zero attached hydrogens (tertiary/aromatic N) is 5. The fourth-order valence-electron chi connectivity index (χ4n) is 3.95. The first-order chi connectivity index (χ1) is 14.5. The molecular formula is C21H27N7O2. The quantitative estimate of drug-likeness (QED) is 0.577. The average Bonchev–Trinajstić information content (AvgIpc) is 3.09. The fraction of sp³-hybridized carbons (Fsp3) is 0.429. The molecule has 0 saturated carbocycles. The average molecular weight is 409 g/mol. The maximum Gasteiger partial charge on any atom is 0.319 e. The van der Waals surface area contributed by atoms with Crippen LogP contribution in [0.1, 0.15) is 20.3 Å². The summed E-state index contributed by atoms with van der Waals surface area (Å²) in [6.07, 6.45) is 2.76. The van der Waals surface area contributed by atoms with Crippen LogP contribution in [0.5, 0.6) is 0 Å². The minimum Gasteiger partial charge on any atom is -0.394 e. The third kappa shape index (κ3) is 3.56. The number of rotatable bonds is 6. The van der Waals surface area contributed by atoms with Gasteiger partial charge in [-0.1, -0.05) is 6.92 Å². The van der Waals surface area contributed by atoms with Crippen molar-refractivity contribution >= 4 is 28.6 Å². The highest BCUT2D eigenvalue weighted by molar-refractivity contribution is 5.90. The Bertz CT molecular complexity index is 1050. The Balaban J connectivity index is 1.68. The second-order valence-corrected chi connectivity index (χ2v) is 7.51. The summed E-state index contributed by atoms with van der Waals surface area (Å²) in [5.74, 6) is 1.84. The van der Waals surface area contributed by atoms with Crippen LogP contribution in [0.25, 0.3) is 22.4 Å². The maximum absolute atomic E-state index is 11.7. The van der Waals surface area contributed by atoms with E-state index in [-0.39, 0.29) is 18.7 Å². The molecule has 0 aliphatic carbocycles. The van der Waals surface area contributed by atoms with Gasteiger partial charge in [-0.25, -0.2) is 14.8 Å². The van der Waals surface area contributed by atoms with E-state index in [4.69, 9.17) is 9.97 Å². The Hall–Kier alpha value is -3.20. The molecule has 3 aromatic rings. The van der Waals surface area contributed by atoms with E-state index in [0.717, 1.165) is 35.4 Å². The smallest absolute Gasteiger partial charge is 0.319 e. The van der Waals surface area contributed by atoms with Crippen LogP contribution >= 0.6 is 0 Å². The van der Waals surface area contributed by atoms with Crippen LogP contribution in [0.4, 0.5) is 16.3 Å². The number of nitrogens with one attached hydrogen (secondary N) is 2. The van der Waals surface area contributed by atoms with Gasteiger partial charge in [0.2, 0.25) is 0 Å². The molecule has 1 aromatic carbocycles. The molecule has 2 amide bonds. The summed E-state index contributed by atoms with van der Waals surface area (Å²) in [7, 11) is 1.88. The van der Waals surface area contributed by atoms with Gasteiger partial charge in [0, 0.05) is 31.4 Å². The van der Waals surface area contributed by atoms with Crippen LogP contribution in [-0.2, 0) is 7.05 Å². The Morgan fingerprint density at radius 3 is 2.67 bits per heavy atom. The minimum atomic E-state index is -0.237. The Morgan fingerprint density at radius 1 is 1.23 bits per heavy atom. The molecule has 2 aromatic heterocycles. The molecule has 0 bridgehead atoms. The molecule has 1 aliphatic heterocycles. The van der Waals surface area contributed by atoms with Crippen LogP contribution in [0.15, 0.2) is 30.5 Å². The lowest BCUT2D eigenvalue weighted by atomic mass is 9.87. The molecule has 158 valence electrons. The maximum atomic E-state index is 11.7. The van der Waals surface area contributed by atoms with Crippen molar-refractivity contribution in [3.63, 3.8) is 0 Å². The van der Waals surface area contributed by atoms with E-state index in [0.29, 0.717) is 24.0 Å². The molecule has 0 spiro atoms. The van der Waals surface area contributed by atoms with E-state index < -0.39 is 0 Å². The van der Waals surface area contributed by atoms with Gasteiger partial charge in [0.1, 0.15) is 11.0 Å².